The maximum absolute atomic E-state index is 4.06. The van der Waals surface area contributed by atoms with Gasteiger partial charge in [0.15, 0.2) is 0 Å². The van der Waals surface area contributed by atoms with Crippen LogP contribution in [0.25, 0.3) is 0 Å². The molecule has 1 unspecified atom stereocenters. The quantitative estimate of drug-likeness (QED) is 0.641. The molecule has 1 heteroatoms. The Morgan fingerprint density at radius 3 is 1.69 bits per heavy atom. The third-order valence-electron chi connectivity index (χ3n) is 2.40. The Bertz CT molecular complexity index is 189. The molecule has 0 aliphatic carbocycles. The second kappa shape index (κ2) is 5.11. The standard InChI is InChI=1S/C12H23N/c1-8(2)10(5)12(7)13-11(6)9(3)4/h8-9,12-13H,5-6H2,1-4,7H3. The van der Waals surface area contributed by atoms with Gasteiger partial charge in [-0.15, -0.1) is 0 Å². The number of hydrogen-bond acceptors (Lipinski definition) is 1. The second-order valence-electron chi connectivity index (χ2n) is 4.28. The van der Waals surface area contributed by atoms with E-state index in [9.17, 15) is 0 Å². The lowest BCUT2D eigenvalue weighted by atomic mass is 9.98. The average molecular weight is 181 g/mol. The summed E-state index contributed by atoms with van der Waals surface area (Å²) in [7, 11) is 0. The van der Waals surface area contributed by atoms with E-state index >= 15 is 0 Å². The molecular weight excluding hydrogens is 158 g/mol. The Kier molecular flexibility index (Phi) is 4.82. The maximum atomic E-state index is 4.06. The van der Waals surface area contributed by atoms with Gasteiger partial charge in [-0.1, -0.05) is 46.4 Å². The van der Waals surface area contributed by atoms with Gasteiger partial charge < -0.3 is 5.32 Å². The third-order valence-corrected chi connectivity index (χ3v) is 2.40. The summed E-state index contributed by atoms with van der Waals surface area (Å²) >= 11 is 0. The summed E-state index contributed by atoms with van der Waals surface area (Å²) in [5.41, 5.74) is 2.33. The highest BCUT2D eigenvalue weighted by molar-refractivity contribution is 5.10. The molecule has 76 valence electrons. The molecular formula is C12H23N. The van der Waals surface area contributed by atoms with Gasteiger partial charge in [0.1, 0.15) is 0 Å². The molecule has 0 spiro atoms. The Morgan fingerprint density at radius 2 is 1.38 bits per heavy atom. The van der Waals surface area contributed by atoms with Crippen molar-refractivity contribution in [1.29, 1.82) is 0 Å². The Morgan fingerprint density at radius 1 is 0.923 bits per heavy atom. The highest BCUT2D eigenvalue weighted by Crippen LogP contribution is 2.13. The van der Waals surface area contributed by atoms with Crippen molar-refractivity contribution in [1.82, 2.24) is 5.32 Å². The summed E-state index contributed by atoms with van der Waals surface area (Å²) in [6, 6.07) is 0.329. The van der Waals surface area contributed by atoms with Gasteiger partial charge in [0.25, 0.3) is 0 Å². The number of rotatable bonds is 5. The number of hydrogen-bond donors (Lipinski definition) is 1. The van der Waals surface area contributed by atoms with E-state index < -0.39 is 0 Å². The third kappa shape index (κ3) is 4.16. The van der Waals surface area contributed by atoms with Gasteiger partial charge in [-0.05, 0) is 18.8 Å². The van der Waals surface area contributed by atoms with Gasteiger partial charge in [-0.25, -0.2) is 0 Å². The van der Waals surface area contributed by atoms with E-state index in [0.29, 0.717) is 17.9 Å². The molecule has 0 aromatic heterocycles. The van der Waals surface area contributed by atoms with Crippen LogP contribution < -0.4 is 5.32 Å². The Balaban J connectivity index is 4.08. The fraction of sp³-hybridized carbons (Fsp3) is 0.667. The van der Waals surface area contributed by atoms with Gasteiger partial charge in [0, 0.05) is 11.7 Å². The SMILES string of the molecule is C=C(NC(C)C(=C)C(C)C)C(C)C. The molecule has 0 bridgehead atoms. The molecule has 0 aromatic rings. The van der Waals surface area contributed by atoms with Crippen LogP contribution in [0.5, 0.6) is 0 Å². The monoisotopic (exact) mass is 181 g/mol. The van der Waals surface area contributed by atoms with Gasteiger partial charge in [-0.3, -0.25) is 0 Å². The van der Waals surface area contributed by atoms with Gasteiger partial charge in [0.05, 0.1) is 0 Å². The number of nitrogens with one attached hydrogen (secondary N) is 1. The normalized spacial score (nSPS) is 13.2. The van der Waals surface area contributed by atoms with Crippen molar-refractivity contribution >= 4 is 0 Å². The lowest BCUT2D eigenvalue weighted by Gasteiger charge is -2.23. The first-order valence-corrected chi connectivity index (χ1v) is 5.00. The fourth-order valence-corrected chi connectivity index (χ4v) is 1.04. The fourth-order valence-electron chi connectivity index (χ4n) is 1.04. The maximum Gasteiger partial charge on any atom is 0.0442 e. The molecule has 0 rings (SSSR count). The zero-order chi connectivity index (χ0) is 10.6. The van der Waals surface area contributed by atoms with Crippen LogP contribution in [0.4, 0.5) is 0 Å². The summed E-state index contributed by atoms with van der Waals surface area (Å²) in [5, 5.41) is 3.37. The smallest absolute Gasteiger partial charge is 0.0442 e. The minimum absolute atomic E-state index is 0.329. The molecule has 0 aliphatic rings. The molecule has 0 aromatic carbocycles. The zero-order valence-corrected chi connectivity index (χ0v) is 9.65. The van der Waals surface area contributed by atoms with Crippen LogP contribution in [0.15, 0.2) is 24.4 Å². The molecule has 0 saturated carbocycles. The van der Waals surface area contributed by atoms with Crippen LogP contribution in [0.3, 0.4) is 0 Å². The first-order valence-electron chi connectivity index (χ1n) is 5.00. The summed E-state index contributed by atoms with van der Waals surface area (Å²) in [4.78, 5) is 0. The van der Waals surface area contributed by atoms with E-state index in [2.05, 4.69) is 53.1 Å². The van der Waals surface area contributed by atoms with Gasteiger partial charge in [-0.2, -0.15) is 0 Å². The minimum Gasteiger partial charge on any atom is -0.382 e. The van der Waals surface area contributed by atoms with E-state index in [0.717, 1.165) is 5.70 Å². The zero-order valence-electron chi connectivity index (χ0n) is 9.65. The topological polar surface area (TPSA) is 12.0 Å². The molecule has 1 atom stereocenters. The van der Waals surface area contributed by atoms with E-state index in [1.807, 2.05) is 0 Å². The van der Waals surface area contributed by atoms with Gasteiger partial charge >= 0.3 is 0 Å². The van der Waals surface area contributed by atoms with Crippen LogP contribution in [-0.4, -0.2) is 6.04 Å². The van der Waals surface area contributed by atoms with E-state index in [4.69, 9.17) is 0 Å². The summed E-state index contributed by atoms with van der Waals surface area (Å²) in [5.74, 6) is 1.02. The predicted molar refractivity (Wildman–Crippen MR) is 60.6 cm³/mol. The molecule has 1 nitrogen and oxygen atoms in total. The first-order chi connectivity index (χ1) is 5.86. The Labute approximate surface area is 82.9 Å². The molecule has 1 N–H and O–H groups in total. The van der Waals surface area contributed by atoms with Crippen LogP contribution in [0.1, 0.15) is 34.6 Å². The van der Waals surface area contributed by atoms with Crippen LogP contribution >= 0.6 is 0 Å². The first kappa shape index (κ1) is 12.3. The van der Waals surface area contributed by atoms with Crippen LogP contribution in [0.2, 0.25) is 0 Å². The summed E-state index contributed by atoms with van der Waals surface area (Å²) in [6.45, 7) is 18.8. The van der Waals surface area contributed by atoms with Crippen molar-refractivity contribution in [2.24, 2.45) is 11.8 Å². The lowest BCUT2D eigenvalue weighted by Crippen LogP contribution is -2.30. The second-order valence-corrected chi connectivity index (χ2v) is 4.28. The average Bonchev–Trinajstić information content (AvgIpc) is 2.02. The largest absolute Gasteiger partial charge is 0.382 e. The van der Waals surface area contributed by atoms with Crippen molar-refractivity contribution < 1.29 is 0 Å². The molecule has 13 heavy (non-hydrogen) atoms. The van der Waals surface area contributed by atoms with Crippen LogP contribution in [0, 0.1) is 11.8 Å². The summed E-state index contributed by atoms with van der Waals surface area (Å²) < 4.78 is 0. The van der Waals surface area contributed by atoms with Crippen molar-refractivity contribution in [2.45, 2.75) is 40.7 Å². The predicted octanol–water partition coefficient (Wildman–Crippen LogP) is 3.35. The van der Waals surface area contributed by atoms with E-state index in [1.165, 1.54) is 5.57 Å². The van der Waals surface area contributed by atoms with Crippen molar-refractivity contribution in [3.63, 3.8) is 0 Å². The molecule has 0 amide bonds. The van der Waals surface area contributed by atoms with Crippen LogP contribution in [-0.2, 0) is 0 Å². The van der Waals surface area contributed by atoms with Gasteiger partial charge in [0.2, 0.25) is 0 Å². The van der Waals surface area contributed by atoms with Crippen molar-refractivity contribution in [3.8, 4) is 0 Å². The lowest BCUT2D eigenvalue weighted by molar-refractivity contribution is 0.565. The summed E-state index contributed by atoms with van der Waals surface area (Å²) in [6.07, 6.45) is 0. The Hall–Kier alpha value is -0.720. The highest BCUT2D eigenvalue weighted by atomic mass is 14.9. The van der Waals surface area contributed by atoms with E-state index in [-0.39, 0.29) is 0 Å². The molecule has 0 saturated heterocycles. The molecule has 0 aliphatic heterocycles. The molecule has 0 heterocycles. The van der Waals surface area contributed by atoms with E-state index in [1.54, 1.807) is 0 Å². The minimum atomic E-state index is 0.329. The number of allylic oxidation sites excluding steroid dienone is 1. The molecule has 0 radical (unpaired) electrons. The van der Waals surface area contributed by atoms with Crippen molar-refractivity contribution in [2.75, 3.05) is 0 Å². The highest BCUT2D eigenvalue weighted by Gasteiger charge is 2.11. The van der Waals surface area contributed by atoms with Crippen molar-refractivity contribution in [3.05, 3.63) is 24.4 Å². The molecule has 0 fully saturated rings.